The standard InChI is InChI=1S/C16H21NO2/c1-19-15-4-2-3-14(10-15)17-16(18)9-13-8-11-5-6-12(13)7-11/h2-4,10-13H,5-9H2,1H3,(H,17,18)/t11-,12-,13-/m1/s1. The molecule has 1 aromatic carbocycles. The molecule has 3 heteroatoms. The van der Waals surface area contributed by atoms with Gasteiger partial charge in [-0.05, 0) is 49.1 Å². The number of hydrogen-bond donors (Lipinski definition) is 1. The van der Waals surface area contributed by atoms with E-state index in [2.05, 4.69) is 5.32 Å². The molecule has 0 unspecified atom stereocenters. The van der Waals surface area contributed by atoms with Gasteiger partial charge >= 0.3 is 0 Å². The van der Waals surface area contributed by atoms with Gasteiger partial charge in [-0.25, -0.2) is 0 Å². The van der Waals surface area contributed by atoms with Crippen LogP contribution in [0.1, 0.15) is 32.1 Å². The summed E-state index contributed by atoms with van der Waals surface area (Å²) >= 11 is 0. The molecule has 102 valence electrons. The first-order chi connectivity index (χ1) is 9.24. The number of hydrogen-bond acceptors (Lipinski definition) is 2. The predicted molar refractivity (Wildman–Crippen MR) is 75.2 cm³/mol. The molecule has 0 aliphatic heterocycles. The summed E-state index contributed by atoms with van der Waals surface area (Å²) in [5.41, 5.74) is 0.826. The first-order valence-corrected chi connectivity index (χ1v) is 7.18. The van der Waals surface area contributed by atoms with Crippen LogP contribution < -0.4 is 10.1 Å². The summed E-state index contributed by atoms with van der Waals surface area (Å²) in [4.78, 5) is 12.1. The van der Waals surface area contributed by atoms with Crippen LogP contribution in [0.15, 0.2) is 24.3 Å². The fraction of sp³-hybridized carbons (Fsp3) is 0.562. The van der Waals surface area contributed by atoms with E-state index in [-0.39, 0.29) is 5.91 Å². The molecule has 3 rings (SSSR count). The molecule has 3 nitrogen and oxygen atoms in total. The highest BCUT2D eigenvalue weighted by atomic mass is 16.5. The Hall–Kier alpha value is -1.51. The van der Waals surface area contributed by atoms with E-state index in [1.165, 1.54) is 25.7 Å². The first kappa shape index (κ1) is 12.5. The second kappa shape index (κ2) is 5.24. The maximum Gasteiger partial charge on any atom is 0.224 e. The molecular formula is C16H21NO2. The Morgan fingerprint density at radius 1 is 1.37 bits per heavy atom. The Morgan fingerprint density at radius 3 is 2.95 bits per heavy atom. The first-order valence-electron chi connectivity index (χ1n) is 7.18. The average Bonchev–Trinajstić information content (AvgIpc) is 3.01. The highest BCUT2D eigenvalue weighted by molar-refractivity contribution is 5.91. The number of methoxy groups -OCH3 is 1. The molecule has 0 radical (unpaired) electrons. The van der Waals surface area contributed by atoms with Crippen LogP contribution >= 0.6 is 0 Å². The van der Waals surface area contributed by atoms with Gasteiger partial charge in [0.05, 0.1) is 7.11 Å². The topological polar surface area (TPSA) is 38.3 Å². The highest BCUT2D eigenvalue weighted by Gasteiger charge is 2.40. The van der Waals surface area contributed by atoms with E-state index < -0.39 is 0 Å². The minimum absolute atomic E-state index is 0.144. The van der Waals surface area contributed by atoms with Gasteiger partial charge in [-0.2, -0.15) is 0 Å². The van der Waals surface area contributed by atoms with Crippen molar-refractivity contribution in [3.63, 3.8) is 0 Å². The van der Waals surface area contributed by atoms with Crippen LogP contribution in [0.3, 0.4) is 0 Å². The fourth-order valence-corrected chi connectivity index (χ4v) is 3.78. The number of carbonyl (C=O) groups excluding carboxylic acids is 1. The third-order valence-corrected chi connectivity index (χ3v) is 4.69. The molecule has 0 heterocycles. The van der Waals surface area contributed by atoms with Crippen molar-refractivity contribution in [1.82, 2.24) is 0 Å². The third kappa shape index (κ3) is 2.75. The van der Waals surface area contributed by atoms with Crippen molar-refractivity contribution in [2.24, 2.45) is 17.8 Å². The molecule has 2 saturated carbocycles. The van der Waals surface area contributed by atoms with Crippen molar-refractivity contribution in [2.45, 2.75) is 32.1 Å². The average molecular weight is 259 g/mol. The lowest BCUT2D eigenvalue weighted by Gasteiger charge is -2.20. The maximum atomic E-state index is 12.1. The zero-order valence-corrected chi connectivity index (χ0v) is 11.4. The van der Waals surface area contributed by atoms with E-state index in [1.807, 2.05) is 24.3 Å². The Morgan fingerprint density at radius 2 is 2.26 bits per heavy atom. The van der Waals surface area contributed by atoms with E-state index in [0.717, 1.165) is 23.3 Å². The summed E-state index contributed by atoms with van der Waals surface area (Å²) < 4.78 is 5.16. The summed E-state index contributed by atoms with van der Waals surface area (Å²) in [6.07, 6.45) is 6.02. The van der Waals surface area contributed by atoms with Crippen LogP contribution in [-0.2, 0) is 4.79 Å². The van der Waals surface area contributed by atoms with Gasteiger partial charge in [-0.3, -0.25) is 4.79 Å². The molecule has 1 aromatic rings. The number of carbonyl (C=O) groups is 1. The molecular weight excluding hydrogens is 238 g/mol. The zero-order chi connectivity index (χ0) is 13.2. The molecule has 19 heavy (non-hydrogen) atoms. The van der Waals surface area contributed by atoms with Gasteiger partial charge in [0.2, 0.25) is 5.91 Å². The van der Waals surface area contributed by atoms with Crippen LogP contribution in [0.25, 0.3) is 0 Å². The summed E-state index contributed by atoms with van der Waals surface area (Å²) in [6.45, 7) is 0. The summed E-state index contributed by atoms with van der Waals surface area (Å²) in [7, 11) is 1.64. The third-order valence-electron chi connectivity index (χ3n) is 4.69. The fourth-order valence-electron chi connectivity index (χ4n) is 3.78. The number of ether oxygens (including phenoxy) is 1. The number of fused-ring (bicyclic) bond motifs is 2. The number of benzene rings is 1. The molecule has 0 saturated heterocycles. The van der Waals surface area contributed by atoms with E-state index in [0.29, 0.717) is 12.3 Å². The minimum atomic E-state index is 0.144. The molecule has 2 bridgehead atoms. The van der Waals surface area contributed by atoms with Gasteiger partial charge in [0, 0.05) is 18.2 Å². The molecule has 2 fully saturated rings. The molecule has 0 aromatic heterocycles. The molecule has 3 atom stereocenters. The van der Waals surface area contributed by atoms with Gasteiger partial charge in [0.1, 0.15) is 5.75 Å². The van der Waals surface area contributed by atoms with E-state index in [9.17, 15) is 4.79 Å². The Balaban J connectivity index is 1.56. The Bertz CT molecular complexity index is 472. The normalized spacial score (nSPS) is 28.4. The summed E-state index contributed by atoms with van der Waals surface area (Å²) in [5.74, 6) is 3.24. The van der Waals surface area contributed by atoms with Gasteiger partial charge in [0.15, 0.2) is 0 Å². The minimum Gasteiger partial charge on any atom is -0.497 e. The van der Waals surface area contributed by atoms with Gasteiger partial charge in [-0.15, -0.1) is 0 Å². The lowest BCUT2D eigenvalue weighted by atomic mass is 9.86. The SMILES string of the molecule is COc1cccc(NC(=O)C[C@H]2C[C@@H]3CC[C@@H]2C3)c1. The van der Waals surface area contributed by atoms with Crippen molar-refractivity contribution in [2.75, 3.05) is 12.4 Å². The number of anilines is 1. The smallest absolute Gasteiger partial charge is 0.224 e. The van der Waals surface area contributed by atoms with Crippen LogP contribution in [-0.4, -0.2) is 13.0 Å². The monoisotopic (exact) mass is 259 g/mol. The predicted octanol–water partition coefficient (Wildman–Crippen LogP) is 3.46. The van der Waals surface area contributed by atoms with Crippen molar-refractivity contribution >= 4 is 11.6 Å². The second-order valence-electron chi connectivity index (χ2n) is 5.92. The summed E-state index contributed by atoms with van der Waals surface area (Å²) in [6, 6.07) is 7.54. The molecule has 1 amide bonds. The lowest BCUT2D eigenvalue weighted by Crippen LogP contribution is -2.20. The van der Waals surface area contributed by atoms with Crippen molar-refractivity contribution in [3.8, 4) is 5.75 Å². The van der Waals surface area contributed by atoms with Gasteiger partial charge < -0.3 is 10.1 Å². The van der Waals surface area contributed by atoms with Crippen LogP contribution in [0, 0.1) is 17.8 Å². The van der Waals surface area contributed by atoms with E-state index in [1.54, 1.807) is 7.11 Å². The molecule has 2 aliphatic rings. The lowest BCUT2D eigenvalue weighted by molar-refractivity contribution is -0.117. The second-order valence-corrected chi connectivity index (χ2v) is 5.92. The van der Waals surface area contributed by atoms with Crippen molar-refractivity contribution < 1.29 is 9.53 Å². The number of amides is 1. The van der Waals surface area contributed by atoms with Crippen molar-refractivity contribution in [3.05, 3.63) is 24.3 Å². The van der Waals surface area contributed by atoms with Crippen molar-refractivity contribution in [1.29, 1.82) is 0 Å². The zero-order valence-electron chi connectivity index (χ0n) is 11.4. The van der Waals surface area contributed by atoms with E-state index in [4.69, 9.17) is 4.74 Å². The molecule has 0 spiro atoms. The van der Waals surface area contributed by atoms with Crippen LogP contribution in [0.2, 0.25) is 0 Å². The van der Waals surface area contributed by atoms with Crippen LogP contribution in [0.4, 0.5) is 5.69 Å². The quantitative estimate of drug-likeness (QED) is 0.899. The Kier molecular flexibility index (Phi) is 3.45. The largest absolute Gasteiger partial charge is 0.497 e. The van der Waals surface area contributed by atoms with Gasteiger partial charge in [0.25, 0.3) is 0 Å². The molecule has 2 aliphatic carbocycles. The summed E-state index contributed by atoms with van der Waals surface area (Å²) in [5, 5.41) is 2.98. The highest BCUT2D eigenvalue weighted by Crippen LogP contribution is 2.49. The molecule has 1 N–H and O–H groups in total. The maximum absolute atomic E-state index is 12.1. The van der Waals surface area contributed by atoms with Gasteiger partial charge in [-0.1, -0.05) is 12.5 Å². The van der Waals surface area contributed by atoms with E-state index >= 15 is 0 Å². The Labute approximate surface area is 114 Å². The van der Waals surface area contributed by atoms with Crippen LogP contribution in [0.5, 0.6) is 5.75 Å². The number of nitrogens with one attached hydrogen (secondary N) is 1. The number of rotatable bonds is 4.